The summed E-state index contributed by atoms with van der Waals surface area (Å²) < 4.78 is 7.33. The number of esters is 1. The number of benzene rings is 3. The fourth-order valence-electron chi connectivity index (χ4n) is 5.15. The topological polar surface area (TPSA) is 56.2 Å². The Kier molecular flexibility index (Phi) is 9.72. The first-order valence-electron chi connectivity index (χ1n) is 14.1. The monoisotopic (exact) mass is 523 g/mol. The summed E-state index contributed by atoms with van der Waals surface area (Å²) in [7, 11) is 1.41. The summed E-state index contributed by atoms with van der Waals surface area (Å²) in [4.78, 5) is 17.3. The van der Waals surface area contributed by atoms with Crippen LogP contribution in [-0.2, 0) is 23.4 Å². The molecule has 0 aliphatic carbocycles. The molecule has 0 aliphatic heterocycles. The molecule has 0 saturated carbocycles. The van der Waals surface area contributed by atoms with Gasteiger partial charge in [-0.1, -0.05) is 106 Å². The Morgan fingerprint density at radius 2 is 1.49 bits per heavy atom. The maximum Gasteiger partial charge on any atom is 0.337 e. The summed E-state index contributed by atoms with van der Waals surface area (Å²) in [5.41, 5.74) is 5.90. The third kappa shape index (κ3) is 6.66. The van der Waals surface area contributed by atoms with Crippen LogP contribution in [0.1, 0.15) is 74.5 Å². The molecule has 1 aromatic heterocycles. The number of nitrogens with one attached hydrogen (secondary N) is 1. The molecule has 1 atom stereocenters. The van der Waals surface area contributed by atoms with Crippen LogP contribution in [0.25, 0.3) is 22.6 Å². The van der Waals surface area contributed by atoms with Crippen LogP contribution in [0.4, 0.5) is 0 Å². The maximum atomic E-state index is 11.9. The van der Waals surface area contributed by atoms with Crippen LogP contribution in [0, 0.1) is 0 Å². The second kappa shape index (κ2) is 13.4. The van der Waals surface area contributed by atoms with E-state index in [0.29, 0.717) is 12.1 Å². The normalized spacial score (nSPS) is 12.7. The van der Waals surface area contributed by atoms with Gasteiger partial charge >= 0.3 is 5.97 Å². The highest BCUT2D eigenvalue weighted by Gasteiger charge is 2.35. The summed E-state index contributed by atoms with van der Waals surface area (Å²) >= 11 is 0. The highest BCUT2D eigenvalue weighted by atomic mass is 16.5. The van der Waals surface area contributed by atoms with Gasteiger partial charge in [0, 0.05) is 24.2 Å². The minimum atomic E-state index is -0.323. The van der Waals surface area contributed by atoms with E-state index in [-0.39, 0.29) is 11.5 Å². The molecule has 0 aliphatic rings. The average molecular weight is 524 g/mol. The fraction of sp³-hybridized carbons (Fsp3) is 0.353. The van der Waals surface area contributed by atoms with Gasteiger partial charge in [-0.05, 0) is 37.5 Å². The summed E-state index contributed by atoms with van der Waals surface area (Å²) in [6, 6.07) is 28.8. The summed E-state index contributed by atoms with van der Waals surface area (Å²) in [6.07, 6.45) is 5.38. The van der Waals surface area contributed by atoms with Crippen molar-refractivity contribution in [1.82, 2.24) is 14.9 Å². The van der Waals surface area contributed by atoms with Crippen molar-refractivity contribution in [3.05, 3.63) is 102 Å². The number of aromatic nitrogens is 2. The molecule has 0 fully saturated rings. The van der Waals surface area contributed by atoms with Crippen LogP contribution >= 0.6 is 0 Å². The third-order valence-electron chi connectivity index (χ3n) is 7.39. The number of hydrogen-bond donors (Lipinski definition) is 1. The second-order valence-corrected chi connectivity index (χ2v) is 10.3. The summed E-state index contributed by atoms with van der Waals surface area (Å²) in [5, 5.41) is 3.94. The zero-order valence-electron chi connectivity index (χ0n) is 23.7. The number of carbonyl (C=O) groups is 1. The minimum absolute atomic E-state index is 0.317. The number of methoxy groups -OCH3 is 1. The Morgan fingerprint density at radius 1 is 0.872 bits per heavy atom. The Morgan fingerprint density at radius 3 is 2.08 bits per heavy atom. The van der Waals surface area contributed by atoms with E-state index in [4.69, 9.17) is 9.72 Å². The first-order chi connectivity index (χ1) is 19.0. The fourth-order valence-corrected chi connectivity index (χ4v) is 5.15. The minimum Gasteiger partial charge on any atom is -0.465 e. The molecule has 5 nitrogen and oxygen atoms in total. The molecule has 4 rings (SSSR count). The van der Waals surface area contributed by atoms with Crippen LogP contribution in [0.15, 0.2) is 84.9 Å². The Hall–Kier alpha value is -3.70. The lowest BCUT2D eigenvalue weighted by Crippen LogP contribution is -2.41. The van der Waals surface area contributed by atoms with E-state index >= 15 is 0 Å². The van der Waals surface area contributed by atoms with Gasteiger partial charge in [-0.25, -0.2) is 9.78 Å². The summed E-state index contributed by atoms with van der Waals surface area (Å²) in [5.74, 6) is 0.702. The van der Waals surface area contributed by atoms with Crippen LogP contribution in [0.3, 0.4) is 0 Å². The molecule has 0 spiro atoms. The van der Waals surface area contributed by atoms with Gasteiger partial charge in [0.15, 0.2) is 0 Å². The van der Waals surface area contributed by atoms with Crippen molar-refractivity contribution in [3.8, 4) is 22.6 Å². The van der Waals surface area contributed by atoms with Gasteiger partial charge < -0.3 is 14.6 Å². The molecular weight excluding hydrogens is 482 g/mol. The van der Waals surface area contributed by atoms with Crippen LogP contribution < -0.4 is 5.32 Å². The molecule has 39 heavy (non-hydrogen) atoms. The number of ether oxygens (including phenoxy) is 1. The largest absolute Gasteiger partial charge is 0.465 e. The molecule has 0 saturated heterocycles. The van der Waals surface area contributed by atoms with Crippen LogP contribution in [0.2, 0.25) is 0 Å². The van der Waals surface area contributed by atoms with E-state index in [1.54, 1.807) is 0 Å². The predicted octanol–water partition coefficient (Wildman–Crippen LogP) is 8.00. The van der Waals surface area contributed by atoms with Gasteiger partial charge in [0.2, 0.25) is 0 Å². The Bertz CT molecular complexity index is 1330. The van der Waals surface area contributed by atoms with Crippen molar-refractivity contribution in [1.29, 1.82) is 0 Å². The van der Waals surface area contributed by atoms with Crippen molar-refractivity contribution in [2.24, 2.45) is 0 Å². The first kappa shape index (κ1) is 28.3. The number of rotatable bonds is 13. The van der Waals surface area contributed by atoms with E-state index in [9.17, 15) is 4.79 Å². The maximum absolute atomic E-state index is 11.9. The molecule has 0 radical (unpaired) electrons. The molecule has 5 heteroatoms. The molecule has 4 aromatic rings. The standard InChI is InChI=1S/C34H41N3O2/c1-5-7-23-34(3,35-25-26-19-21-29(22-20-26)33(38)39-4)31-30(27-15-11-9-12-16-27)36-32(37(31)24-8-6-2)28-17-13-10-14-18-28/h9-22,35H,5-8,23-25H2,1-4H3. The molecule has 1 unspecified atom stereocenters. The van der Waals surface area contributed by atoms with Crippen molar-refractivity contribution >= 4 is 5.97 Å². The molecule has 0 amide bonds. The molecule has 1 heterocycles. The third-order valence-corrected chi connectivity index (χ3v) is 7.39. The molecule has 1 N–H and O–H groups in total. The van der Waals surface area contributed by atoms with E-state index in [1.165, 1.54) is 12.8 Å². The zero-order chi connectivity index (χ0) is 27.7. The van der Waals surface area contributed by atoms with Crippen molar-refractivity contribution < 1.29 is 9.53 Å². The van der Waals surface area contributed by atoms with Gasteiger partial charge in [-0.3, -0.25) is 0 Å². The van der Waals surface area contributed by atoms with Crippen molar-refractivity contribution in [2.75, 3.05) is 7.11 Å². The van der Waals surface area contributed by atoms with Gasteiger partial charge in [-0.15, -0.1) is 0 Å². The predicted molar refractivity (Wildman–Crippen MR) is 160 cm³/mol. The van der Waals surface area contributed by atoms with Crippen molar-refractivity contribution in [3.63, 3.8) is 0 Å². The van der Waals surface area contributed by atoms with Crippen LogP contribution in [0.5, 0.6) is 0 Å². The lowest BCUT2D eigenvalue weighted by atomic mass is 9.87. The molecule has 3 aromatic carbocycles. The average Bonchev–Trinajstić information content (AvgIpc) is 3.39. The molecule has 0 bridgehead atoms. The van der Waals surface area contributed by atoms with E-state index in [2.05, 4.69) is 91.3 Å². The number of imidazole rings is 1. The highest BCUT2D eigenvalue weighted by molar-refractivity contribution is 5.89. The lowest BCUT2D eigenvalue weighted by molar-refractivity contribution is 0.0600. The van der Waals surface area contributed by atoms with E-state index in [1.807, 2.05) is 24.3 Å². The first-order valence-corrected chi connectivity index (χ1v) is 14.1. The van der Waals surface area contributed by atoms with Crippen LogP contribution in [-0.4, -0.2) is 22.6 Å². The second-order valence-electron chi connectivity index (χ2n) is 10.3. The smallest absolute Gasteiger partial charge is 0.337 e. The SMILES string of the molecule is CCCCn1c(-c2ccccc2)nc(-c2ccccc2)c1C(C)(CCCC)NCc1ccc(C(=O)OC)cc1. The lowest BCUT2D eigenvalue weighted by Gasteiger charge is -2.34. The van der Waals surface area contributed by atoms with Gasteiger partial charge in [0.25, 0.3) is 0 Å². The number of carbonyl (C=O) groups excluding carboxylic acids is 1. The number of hydrogen-bond acceptors (Lipinski definition) is 4. The van der Waals surface area contributed by atoms with E-state index in [0.717, 1.165) is 66.9 Å². The summed E-state index contributed by atoms with van der Waals surface area (Å²) in [6.45, 7) is 8.39. The number of nitrogens with zero attached hydrogens (tertiary/aromatic N) is 2. The zero-order valence-corrected chi connectivity index (χ0v) is 23.7. The van der Waals surface area contributed by atoms with Gasteiger partial charge in [0.1, 0.15) is 5.82 Å². The Balaban J connectivity index is 1.83. The quantitative estimate of drug-likeness (QED) is 0.180. The highest BCUT2D eigenvalue weighted by Crippen LogP contribution is 2.39. The van der Waals surface area contributed by atoms with Gasteiger partial charge in [-0.2, -0.15) is 0 Å². The van der Waals surface area contributed by atoms with Gasteiger partial charge in [0.05, 0.1) is 29.6 Å². The van der Waals surface area contributed by atoms with Crippen molar-refractivity contribution in [2.45, 2.75) is 71.5 Å². The number of unbranched alkanes of at least 4 members (excludes halogenated alkanes) is 2. The molecule has 204 valence electrons. The molecular formula is C34H41N3O2. The van der Waals surface area contributed by atoms with E-state index < -0.39 is 0 Å². The Labute approximate surface area is 233 Å².